The van der Waals surface area contributed by atoms with Crippen LogP contribution in [0.15, 0.2) is 13.2 Å². The first-order chi connectivity index (χ1) is 6.29. The Bertz CT molecular complexity index is 191. The third-order valence-corrected chi connectivity index (χ3v) is 0.350. The molecule has 0 radical (unpaired) electrons. The maximum atomic E-state index is 9.10. The van der Waals surface area contributed by atoms with Crippen molar-refractivity contribution in [3.63, 3.8) is 0 Å². The van der Waals surface area contributed by atoms with E-state index >= 15 is 0 Å². The third kappa shape index (κ3) is 41.8. The van der Waals surface area contributed by atoms with Gasteiger partial charge in [0.15, 0.2) is 0 Å². The fourth-order valence-electron chi connectivity index (χ4n) is 0. The summed E-state index contributed by atoms with van der Waals surface area (Å²) in [5.74, 6) is -8.02. The van der Waals surface area contributed by atoms with Crippen molar-refractivity contribution >= 4 is 23.9 Å². The Hall–Kier alpha value is -2.46. The largest absolute Gasteiger partial charge is 0.543 e. The van der Waals surface area contributed by atoms with Crippen molar-refractivity contribution in [2.24, 2.45) is 0 Å². The monoisotopic (exact) mass is 242 g/mol. The number of carbonyl (C=O) groups is 4. The first-order valence-corrected chi connectivity index (χ1v) is 2.67. The topological polar surface area (TPSA) is 228 Å². The second-order valence-electron chi connectivity index (χ2n) is 1.19. The minimum absolute atomic E-state index is 0. The molecule has 10 N–H and O–H groups in total. The molecule has 0 saturated carbocycles. The molecule has 0 saturated heterocycles. The highest BCUT2D eigenvalue weighted by molar-refractivity contribution is 6.27. The summed E-state index contributed by atoms with van der Waals surface area (Å²) in [6.45, 7) is 6.00. The molecular formula is C6H14N2O8. The Labute approximate surface area is 90.0 Å². The predicted octanol–water partition coefficient (Wildman–Crippen LogP) is -2.80. The van der Waals surface area contributed by atoms with Gasteiger partial charge in [-0.25, -0.2) is 9.59 Å². The molecule has 0 heterocycles. The smallest absolute Gasteiger partial charge is 0.414 e. The van der Waals surface area contributed by atoms with Gasteiger partial charge in [0.2, 0.25) is 0 Å². The van der Waals surface area contributed by atoms with E-state index in [-0.39, 0.29) is 12.3 Å². The predicted molar refractivity (Wildman–Crippen MR) is 48.5 cm³/mol. The second kappa shape index (κ2) is 18.3. The highest BCUT2D eigenvalue weighted by atomic mass is 16.4. The van der Waals surface area contributed by atoms with Crippen LogP contribution >= 0.6 is 0 Å². The second-order valence-corrected chi connectivity index (χ2v) is 1.19. The molecule has 0 aromatic heterocycles. The highest BCUT2D eigenvalue weighted by Gasteiger charge is 2.04. The van der Waals surface area contributed by atoms with Crippen molar-refractivity contribution in [2.45, 2.75) is 0 Å². The van der Waals surface area contributed by atoms with E-state index in [0.29, 0.717) is 0 Å². The van der Waals surface area contributed by atoms with Crippen LogP contribution in [-0.4, -0.2) is 34.1 Å². The summed E-state index contributed by atoms with van der Waals surface area (Å²) < 4.78 is 0. The SMILES string of the molecule is C=C.O=C(O)C(=O)O.O=C([O-])C(=O)[O-].[NH4+].[NH4+]. The Kier molecular flexibility index (Phi) is 33.5. The van der Waals surface area contributed by atoms with Crippen LogP contribution in [0.2, 0.25) is 0 Å². The summed E-state index contributed by atoms with van der Waals surface area (Å²) in [6.07, 6.45) is 0. The fourth-order valence-corrected chi connectivity index (χ4v) is 0. The highest BCUT2D eigenvalue weighted by Crippen LogP contribution is 1.56. The zero-order valence-corrected chi connectivity index (χ0v) is 8.76. The lowest BCUT2D eigenvalue weighted by molar-refractivity contribution is -0.345. The summed E-state index contributed by atoms with van der Waals surface area (Å²) in [4.78, 5) is 36.1. The summed E-state index contributed by atoms with van der Waals surface area (Å²) in [5.41, 5.74) is 0. The van der Waals surface area contributed by atoms with Gasteiger partial charge in [0, 0.05) is 0 Å². The van der Waals surface area contributed by atoms with Gasteiger partial charge < -0.3 is 42.3 Å². The van der Waals surface area contributed by atoms with E-state index in [9.17, 15) is 0 Å². The summed E-state index contributed by atoms with van der Waals surface area (Å²) in [5, 5.41) is 32.6. The molecule has 0 aliphatic carbocycles. The van der Waals surface area contributed by atoms with Gasteiger partial charge in [-0.3, -0.25) is 0 Å². The van der Waals surface area contributed by atoms with E-state index in [4.69, 9.17) is 39.6 Å². The van der Waals surface area contributed by atoms with Crippen LogP contribution in [0.3, 0.4) is 0 Å². The Morgan fingerprint density at radius 3 is 0.875 bits per heavy atom. The van der Waals surface area contributed by atoms with Gasteiger partial charge in [0.05, 0.1) is 11.9 Å². The number of quaternary nitrogens is 2. The number of carboxylic acid groups (broad SMARTS) is 4. The molecule has 0 bridgehead atoms. The molecule has 0 aromatic carbocycles. The van der Waals surface area contributed by atoms with Gasteiger partial charge >= 0.3 is 11.9 Å². The fraction of sp³-hybridized carbons (Fsp3) is 0. The molecular weight excluding hydrogens is 228 g/mol. The van der Waals surface area contributed by atoms with E-state index in [0.717, 1.165) is 0 Å². The molecule has 0 amide bonds. The summed E-state index contributed by atoms with van der Waals surface area (Å²) in [6, 6.07) is 0. The van der Waals surface area contributed by atoms with Crippen molar-refractivity contribution in [2.75, 3.05) is 0 Å². The van der Waals surface area contributed by atoms with Crippen molar-refractivity contribution in [3.8, 4) is 0 Å². The van der Waals surface area contributed by atoms with Crippen molar-refractivity contribution in [3.05, 3.63) is 13.2 Å². The van der Waals surface area contributed by atoms with Gasteiger partial charge in [-0.15, -0.1) is 13.2 Å². The molecule has 0 spiro atoms. The molecule has 0 aliphatic rings. The van der Waals surface area contributed by atoms with Crippen LogP contribution in [0.25, 0.3) is 0 Å². The third-order valence-electron chi connectivity index (χ3n) is 0.350. The molecule has 0 aromatic rings. The van der Waals surface area contributed by atoms with E-state index in [2.05, 4.69) is 13.2 Å². The lowest BCUT2D eigenvalue weighted by atomic mass is 10.7. The minimum Gasteiger partial charge on any atom is -0.543 e. The maximum absolute atomic E-state index is 9.10. The summed E-state index contributed by atoms with van der Waals surface area (Å²) >= 11 is 0. The van der Waals surface area contributed by atoms with E-state index < -0.39 is 23.9 Å². The van der Waals surface area contributed by atoms with Gasteiger partial charge in [-0.05, 0) is 0 Å². The molecule has 0 unspecified atom stereocenters. The Balaban J connectivity index is -0.0000000393. The van der Waals surface area contributed by atoms with E-state index in [1.54, 1.807) is 0 Å². The number of hydrogen-bond donors (Lipinski definition) is 4. The molecule has 96 valence electrons. The summed E-state index contributed by atoms with van der Waals surface area (Å²) in [7, 11) is 0. The van der Waals surface area contributed by atoms with E-state index in [1.807, 2.05) is 0 Å². The number of carbonyl (C=O) groups excluding carboxylic acids is 2. The normalized spacial score (nSPS) is 5.75. The number of rotatable bonds is 0. The maximum Gasteiger partial charge on any atom is 0.414 e. The molecule has 10 heteroatoms. The molecule has 0 fully saturated rings. The van der Waals surface area contributed by atoms with Crippen molar-refractivity contribution < 1.29 is 39.6 Å². The van der Waals surface area contributed by atoms with Gasteiger partial charge in [-0.1, -0.05) is 0 Å². The lowest BCUT2D eigenvalue weighted by Gasteiger charge is -1.97. The average molecular weight is 242 g/mol. The van der Waals surface area contributed by atoms with Crippen LogP contribution in [0.5, 0.6) is 0 Å². The van der Waals surface area contributed by atoms with Gasteiger partial charge in [0.25, 0.3) is 0 Å². The molecule has 0 atom stereocenters. The first-order valence-electron chi connectivity index (χ1n) is 2.67. The molecule has 10 nitrogen and oxygen atoms in total. The number of hydrogen-bond acceptors (Lipinski definition) is 6. The lowest BCUT2D eigenvalue weighted by Crippen LogP contribution is -2.42. The van der Waals surface area contributed by atoms with Crippen LogP contribution in [0.1, 0.15) is 0 Å². The van der Waals surface area contributed by atoms with Crippen LogP contribution < -0.4 is 22.5 Å². The van der Waals surface area contributed by atoms with Crippen molar-refractivity contribution in [1.29, 1.82) is 0 Å². The van der Waals surface area contributed by atoms with Gasteiger partial charge in [0.1, 0.15) is 0 Å². The number of carboxylic acids is 4. The van der Waals surface area contributed by atoms with Crippen LogP contribution in [-0.2, 0) is 19.2 Å². The molecule has 16 heavy (non-hydrogen) atoms. The standard InChI is InChI=1S/2C2H2O4.C2H4.2H3N/c2*3-1(4)2(5)6;1-2;;/h2*(H,3,4)(H,5,6);1-2H2;2*1H3. The molecule has 0 rings (SSSR count). The zero-order valence-electron chi connectivity index (χ0n) is 8.76. The number of aliphatic carboxylic acids is 4. The molecule has 0 aliphatic heterocycles. The van der Waals surface area contributed by atoms with Gasteiger partial charge in [-0.2, -0.15) is 0 Å². The first kappa shape index (κ1) is 29.2. The van der Waals surface area contributed by atoms with Crippen molar-refractivity contribution in [1.82, 2.24) is 12.3 Å². The van der Waals surface area contributed by atoms with Crippen LogP contribution in [0.4, 0.5) is 0 Å². The Morgan fingerprint density at radius 2 is 0.875 bits per heavy atom. The van der Waals surface area contributed by atoms with E-state index in [1.165, 1.54) is 0 Å². The minimum atomic E-state index is -2.19. The van der Waals surface area contributed by atoms with Crippen LogP contribution in [0, 0.1) is 0 Å². The Morgan fingerprint density at radius 1 is 0.750 bits per heavy atom. The average Bonchev–Trinajstić information content (AvgIpc) is 2.08. The zero-order chi connectivity index (χ0) is 12.3. The quantitative estimate of drug-likeness (QED) is 0.255.